The minimum Gasteiger partial charge on any atom is -0.598 e. The van der Waals surface area contributed by atoms with E-state index in [9.17, 15) is 8.94 Å². The van der Waals surface area contributed by atoms with Gasteiger partial charge in [0.25, 0.3) is 0 Å². The maximum Gasteiger partial charge on any atom is 0.169 e. The van der Waals surface area contributed by atoms with Gasteiger partial charge in [0.1, 0.15) is 16.6 Å². The molecule has 5 heteroatoms. The second-order valence-electron chi connectivity index (χ2n) is 5.53. The van der Waals surface area contributed by atoms with Crippen molar-refractivity contribution in [3.8, 4) is 0 Å². The number of nitrogens with one attached hydrogen (secondary N) is 1. The summed E-state index contributed by atoms with van der Waals surface area (Å²) in [6.45, 7) is 7.58. The van der Waals surface area contributed by atoms with Crippen molar-refractivity contribution >= 4 is 22.3 Å². The van der Waals surface area contributed by atoms with Crippen LogP contribution in [0, 0.1) is 5.82 Å². The highest BCUT2D eigenvalue weighted by atomic mass is 32.2. The second kappa shape index (κ2) is 5.15. The topological polar surface area (TPSA) is 48.2 Å². The Hall–Kier alpha value is -1.04. The third-order valence-electron chi connectivity index (χ3n) is 2.89. The van der Waals surface area contributed by atoms with Gasteiger partial charge in [0, 0.05) is 16.9 Å². The van der Waals surface area contributed by atoms with Crippen molar-refractivity contribution in [2.45, 2.75) is 38.5 Å². The Bertz CT molecular complexity index is 576. The molecule has 19 heavy (non-hydrogen) atoms. The van der Waals surface area contributed by atoms with Gasteiger partial charge in [0.2, 0.25) is 0 Å². The maximum atomic E-state index is 13.5. The summed E-state index contributed by atoms with van der Waals surface area (Å²) < 4.78 is 33.5. The fourth-order valence-electron chi connectivity index (χ4n) is 1.79. The summed E-state index contributed by atoms with van der Waals surface area (Å²) in [6, 6.07) is 5.11. The van der Waals surface area contributed by atoms with Crippen LogP contribution in [0.4, 0.5) is 4.39 Å². The molecule has 0 spiro atoms. The number of benzene rings is 1. The lowest BCUT2D eigenvalue weighted by Crippen LogP contribution is -2.40. The molecule has 1 aromatic heterocycles. The van der Waals surface area contributed by atoms with E-state index >= 15 is 0 Å². The molecule has 1 N–H and O–H groups in total. The molecule has 0 radical (unpaired) electrons. The molecule has 0 fully saturated rings. The molecular formula is C14H18FNO2S. The minimum atomic E-state index is -1.19. The molecule has 1 aromatic carbocycles. The molecule has 0 aliphatic rings. The lowest BCUT2D eigenvalue weighted by molar-refractivity contribution is 0.527. The lowest BCUT2D eigenvalue weighted by Gasteiger charge is -2.26. The molecule has 104 valence electrons. The molecule has 2 rings (SSSR count). The van der Waals surface area contributed by atoms with Crippen LogP contribution in [0.5, 0.6) is 0 Å². The first-order valence-corrected chi connectivity index (χ1v) is 7.29. The summed E-state index contributed by atoms with van der Waals surface area (Å²) in [5.41, 5.74) is 1.31. The van der Waals surface area contributed by atoms with Crippen LogP contribution in [0.2, 0.25) is 0 Å². The molecule has 0 aliphatic heterocycles. The number of rotatable bonds is 3. The smallest absolute Gasteiger partial charge is 0.169 e. The van der Waals surface area contributed by atoms with Gasteiger partial charge in [-0.2, -0.15) is 0 Å². The molecule has 0 aliphatic carbocycles. The summed E-state index contributed by atoms with van der Waals surface area (Å²) in [7, 11) is 0. The van der Waals surface area contributed by atoms with Crippen molar-refractivity contribution in [1.29, 1.82) is 0 Å². The number of furan rings is 1. The minimum absolute atomic E-state index is 0.186. The molecule has 2 aromatic rings. The van der Waals surface area contributed by atoms with Crippen molar-refractivity contribution in [1.82, 2.24) is 4.72 Å². The summed E-state index contributed by atoms with van der Waals surface area (Å²) in [4.78, 5) is 0. The first-order valence-electron chi connectivity index (χ1n) is 6.14. The molecular weight excluding hydrogens is 265 g/mol. The van der Waals surface area contributed by atoms with Gasteiger partial charge in [0.05, 0.1) is 11.4 Å². The molecule has 0 bridgehead atoms. The van der Waals surface area contributed by atoms with E-state index < -0.39 is 11.4 Å². The quantitative estimate of drug-likeness (QED) is 0.874. The van der Waals surface area contributed by atoms with Gasteiger partial charge in [-0.3, -0.25) is 0 Å². The molecule has 3 nitrogen and oxygen atoms in total. The van der Waals surface area contributed by atoms with Gasteiger partial charge in [-0.1, -0.05) is 12.1 Å². The van der Waals surface area contributed by atoms with Gasteiger partial charge in [-0.25, -0.2) is 4.39 Å². The zero-order valence-corrected chi connectivity index (χ0v) is 12.3. The molecule has 2 atom stereocenters. The van der Waals surface area contributed by atoms with Crippen LogP contribution in [0.25, 0.3) is 11.0 Å². The first kappa shape index (κ1) is 14.4. The Morgan fingerprint density at radius 3 is 2.68 bits per heavy atom. The Balaban J connectivity index is 2.29. The van der Waals surface area contributed by atoms with E-state index in [0.29, 0.717) is 11.0 Å². The van der Waals surface area contributed by atoms with Crippen molar-refractivity contribution in [2.75, 3.05) is 0 Å². The van der Waals surface area contributed by atoms with Crippen LogP contribution in [-0.2, 0) is 11.4 Å². The zero-order valence-electron chi connectivity index (χ0n) is 11.5. The van der Waals surface area contributed by atoms with E-state index in [1.165, 1.54) is 0 Å². The first-order chi connectivity index (χ1) is 8.80. The molecule has 0 saturated heterocycles. The standard InChI is InChI=1S/C14H18FNO2S/c1-9(16-19(17)14(2,3)4)10-6-5-7-11-12(15)8-18-13(10)11/h5-9,16H,1-4H3/t9-,19-/m1/s1. The third kappa shape index (κ3) is 2.94. The second-order valence-corrected chi connectivity index (χ2v) is 7.53. The highest BCUT2D eigenvalue weighted by Crippen LogP contribution is 2.28. The number of fused-ring (bicyclic) bond motifs is 1. The molecule has 0 saturated carbocycles. The summed E-state index contributed by atoms with van der Waals surface area (Å²) in [6.07, 6.45) is 1.10. The zero-order chi connectivity index (χ0) is 14.2. The monoisotopic (exact) mass is 283 g/mol. The fourth-order valence-corrected chi connectivity index (χ4v) is 2.59. The number of halogens is 1. The van der Waals surface area contributed by atoms with E-state index in [1.807, 2.05) is 33.8 Å². The Morgan fingerprint density at radius 2 is 2.05 bits per heavy atom. The van der Waals surface area contributed by atoms with Crippen LogP contribution in [0.1, 0.15) is 39.3 Å². The highest BCUT2D eigenvalue weighted by Gasteiger charge is 2.29. The van der Waals surface area contributed by atoms with Crippen molar-refractivity contribution in [3.63, 3.8) is 0 Å². The number of hydrogen-bond donors (Lipinski definition) is 1. The maximum absolute atomic E-state index is 13.5. The lowest BCUT2D eigenvalue weighted by atomic mass is 10.1. The van der Waals surface area contributed by atoms with E-state index in [1.54, 1.807) is 12.1 Å². The Kier molecular flexibility index (Phi) is 3.90. The Labute approximate surface area is 115 Å². The SMILES string of the molecule is C[C@@H](N[S@+]([O-])C(C)(C)C)c1cccc2c(F)coc12. The van der Waals surface area contributed by atoms with Crippen LogP contribution < -0.4 is 4.72 Å². The van der Waals surface area contributed by atoms with Crippen LogP contribution in [0.3, 0.4) is 0 Å². The number of para-hydroxylation sites is 1. The van der Waals surface area contributed by atoms with Gasteiger partial charge < -0.3 is 8.97 Å². The highest BCUT2D eigenvalue weighted by molar-refractivity contribution is 7.90. The average molecular weight is 283 g/mol. The van der Waals surface area contributed by atoms with Crippen LogP contribution in [-0.4, -0.2) is 9.30 Å². The van der Waals surface area contributed by atoms with Gasteiger partial charge in [0.15, 0.2) is 5.82 Å². The van der Waals surface area contributed by atoms with Crippen molar-refractivity contribution in [2.24, 2.45) is 0 Å². The summed E-state index contributed by atoms with van der Waals surface area (Å²) >= 11 is -1.19. The van der Waals surface area contributed by atoms with Crippen molar-refractivity contribution in [3.05, 3.63) is 35.8 Å². The summed E-state index contributed by atoms with van der Waals surface area (Å²) in [5.74, 6) is -0.374. The normalized spacial score (nSPS) is 15.7. The van der Waals surface area contributed by atoms with E-state index in [-0.39, 0.29) is 16.6 Å². The van der Waals surface area contributed by atoms with Gasteiger partial charge >= 0.3 is 0 Å². The van der Waals surface area contributed by atoms with Crippen molar-refractivity contribution < 1.29 is 13.4 Å². The van der Waals surface area contributed by atoms with E-state index in [0.717, 1.165) is 11.8 Å². The van der Waals surface area contributed by atoms with Crippen LogP contribution in [0.15, 0.2) is 28.9 Å². The predicted octanol–water partition coefficient (Wildman–Crippen LogP) is 3.68. The van der Waals surface area contributed by atoms with Crippen LogP contribution >= 0.6 is 0 Å². The number of hydrogen-bond acceptors (Lipinski definition) is 3. The van der Waals surface area contributed by atoms with Gasteiger partial charge in [-0.15, -0.1) is 4.72 Å². The largest absolute Gasteiger partial charge is 0.598 e. The Morgan fingerprint density at radius 1 is 1.37 bits per heavy atom. The molecule has 1 heterocycles. The van der Waals surface area contributed by atoms with E-state index in [4.69, 9.17) is 4.42 Å². The predicted molar refractivity (Wildman–Crippen MR) is 75.6 cm³/mol. The van der Waals surface area contributed by atoms with Gasteiger partial charge in [-0.05, 0) is 33.8 Å². The molecule has 0 amide bonds. The average Bonchev–Trinajstić information content (AvgIpc) is 2.70. The third-order valence-corrected chi connectivity index (χ3v) is 4.57. The molecule has 0 unspecified atom stereocenters. The van der Waals surface area contributed by atoms with E-state index in [2.05, 4.69) is 4.72 Å². The summed E-state index contributed by atoms with van der Waals surface area (Å²) in [5, 5.41) is 0.452. The fraction of sp³-hybridized carbons (Fsp3) is 0.429.